The minimum absolute atomic E-state index is 0.432. The summed E-state index contributed by atoms with van der Waals surface area (Å²) in [5.41, 5.74) is 6.46. The fraction of sp³-hybridized carbons (Fsp3) is 0.385. The number of aromatic nitrogens is 2. The maximum absolute atomic E-state index is 5.79. The van der Waals surface area contributed by atoms with E-state index in [-0.39, 0.29) is 0 Å². The lowest BCUT2D eigenvalue weighted by molar-refractivity contribution is 0.323. The summed E-state index contributed by atoms with van der Waals surface area (Å²) in [6, 6.07) is 7.50. The Kier molecular flexibility index (Phi) is 4.15. The monoisotopic (exact) mass is 263 g/mol. The minimum Gasteiger partial charge on any atom is -0.491 e. The second kappa shape index (κ2) is 5.82. The zero-order valence-electron chi connectivity index (χ0n) is 10.6. The zero-order chi connectivity index (χ0) is 13.0. The SMILES string of the molecule is CC(C)c1nnc(CCOc2ccccc2N)s1. The minimum atomic E-state index is 0.432. The molecule has 96 valence electrons. The summed E-state index contributed by atoms with van der Waals surface area (Å²) in [6.07, 6.45) is 0.763. The van der Waals surface area contributed by atoms with Crippen molar-refractivity contribution >= 4 is 17.0 Å². The number of hydrogen-bond acceptors (Lipinski definition) is 5. The van der Waals surface area contributed by atoms with Crippen molar-refractivity contribution in [2.24, 2.45) is 0 Å². The molecule has 0 unspecified atom stereocenters. The van der Waals surface area contributed by atoms with Crippen LogP contribution >= 0.6 is 11.3 Å². The molecule has 0 aliphatic heterocycles. The summed E-state index contributed by atoms with van der Waals surface area (Å²) in [5, 5.41) is 10.4. The molecule has 0 atom stereocenters. The zero-order valence-corrected chi connectivity index (χ0v) is 11.4. The molecule has 0 bridgehead atoms. The van der Waals surface area contributed by atoms with Crippen LogP contribution in [0.25, 0.3) is 0 Å². The molecule has 0 radical (unpaired) electrons. The lowest BCUT2D eigenvalue weighted by atomic mass is 10.2. The van der Waals surface area contributed by atoms with Crippen LogP contribution in [-0.2, 0) is 6.42 Å². The van der Waals surface area contributed by atoms with Gasteiger partial charge in [0.2, 0.25) is 0 Å². The van der Waals surface area contributed by atoms with E-state index in [1.807, 2.05) is 24.3 Å². The van der Waals surface area contributed by atoms with Crippen molar-refractivity contribution in [3.63, 3.8) is 0 Å². The number of nitrogen functional groups attached to an aromatic ring is 1. The second-order valence-electron chi connectivity index (χ2n) is 4.33. The van der Waals surface area contributed by atoms with Gasteiger partial charge in [-0.2, -0.15) is 0 Å². The first-order chi connectivity index (χ1) is 8.66. The van der Waals surface area contributed by atoms with Crippen LogP contribution in [0.4, 0.5) is 5.69 Å². The fourth-order valence-corrected chi connectivity index (χ4v) is 2.29. The van der Waals surface area contributed by atoms with Gasteiger partial charge in [-0.05, 0) is 12.1 Å². The summed E-state index contributed by atoms with van der Waals surface area (Å²) >= 11 is 1.65. The second-order valence-corrected chi connectivity index (χ2v) is 5.42. The van der Waals surface area contributed by atoms with Crippen molar-refractivity contribution in [3.8, 4) is 5.75 Å². The first kappa shape index (κ1) is 12.8. The van der Waals surface area contributed by atoms with Crippen LogP contribution in [0.2, 0.25) is 0 Å². The van der Waals surface area contributed by atoms with Gasteiger partial charge in [-0.3, -0.25) is 0 Å². The normalized spacial score (nSPS) is 10.8. The van der Waals surface area contributed by atoms with Gasteiger partial charge < -0.3 is 10.5 Å². The number of anilines is 1. The molecule has 2 N–H and O–H groups in total. The highest BCUT2D eigenvalue weighted by Crippen LogP contribution is 2.21. The van der Waals surface area contributed by atoms with Crippen LogP contribution in [0.1, 0.15) is 29.8 Å². The third kappa shape index (κ3) is 3.20. The summed E-state index contributed by atoms with van der Waals surface area (Å²) in [7, 11) is 0. The molecule has 0 aliphatic carbocycles. The number of hydrogen-bond donors (Lipinski definition) is 1. The van der Waals surface area contributed by atoms with Gasteiger partial charge in [-0.25, -0.2) is 0 Å². The molecule has 0 saturated carbocycles. The average Bonchev–Trinajstić information content (AvgIpc) is 2.80. The molecule has 5 heteroatoms. The van der Waals surface area contributed by atoms with Crippen LogP contribution in [0.3, 0.4) is 0 Å². The lowest BCUT2D eigenvalue weighted by Gasteiger charge is -2.06. The topological polar surface area (TPSA) is 61.0 Å². The summed E-state index contributed by atoms with van der Waals surface area (Å²) in [5.74, 6) is 1.16. The van der Waals surface area contributed by atoms with Gasteiger partial charge in [-0.1, -0.05) is 26.0 Å². The van der Waals surface area contributed by atoms with Crippen LogP contribution in [0.5, 0.6) is 5.75 Å². The van der Waals surface area contributed by atoms with Crippen molar-refractivity contribution in [3.05, 3.63) is 34.3 Å². The Hall–Kier alpha value is -1.62. The maximum atomic E-state index is 5.79. The molecule has 1 aromatic heterocycles. The van der Waals surface area contributed by atoms with E-state index in [1.165, 1.54) is 0 Å². The van der Waals surface area contributed by atoms with Crippen molar-refractivity contribution in [1.82, 2.24) is 10.2 Å². The van der Waals surface area contributed by atoms with Crippen molar-refractivity contribution in [1.29, 1.82) is 0 Å². The van der Waals surface area contributed by atoms with Crippen molar-refractivity contribution in [2.75, 3.05) is 12.3 Å². The number of nitrogens with two attached hydrogens (primary N) is 1. The number of ether oxygens (including phenoxy) is 1. The Balaban J connectivity index is 1.87. The molecule has 18 heavy (non-hydrogen) atoms. The van der Waals surface area contributed by atoms with Crippen LogP contribution in [-0.4, -0.2) is 16.8 Å². The Morgan fingerprint density at radius 2 is 2.06 bits per heavy atom. The fourth-order valence-electron chi connectivity index (χ4n) is 1.46. The molecule has 2 rings (SSSR count). The van der Waals surface area contributed by atoms with E-state index in [0.717, 1.165) is 22.2 Å². The maximum Gasteiger partial charge on any atom is 0.142 e. The molecule has 4 nitrogen and oxygen atoms in total. The lowest BCUT2D eigenvalue weighted by Crippen LogP contribution is -2.03. The molecule has 1 aromatic carbocycles. The first-order valence-corrected chi connectivity index (χ1v) is 6.78. The van der Waals surface area contributed by atoms with Crippen LogP contribution < -0.4 is 10.5 Å². The van der Waals surface area contributed by atoms with Crippen LogP contribution in [0, 0.1) is 0 Å². The highest BCUT2D eigenvalue weighted by atomic mass is 32.1. The van der Waals surface area contributed by atoms with E-state index < -0.39 is 0 Å². The molecule has 0 saturated heterocycles. The molecule has 0 spiro atoms. The summed E-state index contributed by atoms with van der Waals surface area (Å²) < 4.78 is 5.62. The number of benzene rings is 1. The van der Waals surface area contributed by atoms with E-state index in [2.05, 4.69) is 24.0 Å². The van der Waals surface area contributed by atoms with Crippen molar-refractivity contribution in [2.45, 2.75) is 26.2 Å². The Bertz CT molecular complexity index is 510. The van der Waals surface area contributed by atoms with E-state index in [1.54, 1.807) is 11.3 Å². The number of rotatable bonds is 5. The third-order valence-electron chi connectivity index (χ3n) is 2.47. The van der Waals surface area contributed by atoms with Gasteiger partial charge in [0.15, 0.2) is 0 Å². The Morgan fingerprint density at radius 3 is 2.72 bits per heavy atom. The standard InChI is InChI=1S/C13H17N3OS/c1-9(2)13-16-15-12(18-13)7-8-17-11-6-4-3-5-10(11)14/h3-6,9H,7-8,14H2,1-2H3. The largest absolute Gasteiger partial charge is 0.491 e. The third-order valence-corrected chi connectivity index (χ3v) is 3.75. The Morgan fingerprint density at radius 1 is 1.28 bits per heavy atom. The van der Waals surface area contributed by atoms with E-state index in [0.29, 0.717) is 18.2 Å². The highest BCUT2D eigenvalue weighted by molar-refractivity contribution is 7.11. The summed E-state index contributed by atoms with van der Waals surface area (Å²) in [6.45, 7) is 4.80. The Labute approximate surface area is 111 Å². The van der Waals surface area contributed by atoms with Gasteiger partial charge in [-0.15, -0.1) is 21.5 Å². The van der Waals surface area contributed by atoms with Gasteiger partial charge >= 0.3 is 0 Å². The predicted octanol–water partition coefficient (Wildman–Crippen LogP) is 2.87. The number of nitrogens with zero attached hydrogens (tertiary/aromatic N) is 2. The highest BCUT2D eigenvalue weighted by Gasteiger charge is 2.07. The molecular weight excluding hydrogens is 246 g/mol. The first-order valence-electron chi connectivity index (χ1n) is 5.96. The van der Waals surface area contributed by atoms with E-state index in [9.17, 15) is 0 Å². The molecule has 2 aromatic rings. The molecule has 0 aliphatic rings. The van der Waals surface area contributed by atoms with Gasteiger partial charge in [0.05, 0.1) is 12.3 Å². The summed E-state index contributed by atoms with van der Waals surface area (Å²) in [4.78, 5) is 0. The van der Waals surface area contributed by atoms with Crippen LogP contribution in [0.15, 0.2) is 24.3 Å². The molecule has 1 heterocycles. The predicted molar refractivity (Wildman–Crippen MR) is 74.1 cm³/mol. The number of para-hydroxylation sites is 2. The van der Waals surface area contributed by atoms with Gasteiger partial charge in [0, 0.05) is 12.3 Å². The van der Waals surface area contributed by atoms with E-state index >= 15 is 0 Å². The quantitative estimate of drug-likeness (QED) is 0.843. The van der Waals surface area contributed by atoms with E-state index in [4.69, 9.17) is 10.5 Å². The smallest absolute Gasteiger partial charge is 0.142 e. The van der Waals surface area contributed by atoms with Gasteiger partial charge in [0.1, 0.15) is 15.8 Å². The molecular formula is C13H17N3OS. The van der Waals surface area contributed by atoms with Crippen molar-refractivity contribution < 1.29 is 4.74 Å². The van der Waals surface area contributed by atoms with Gasteiger partial charge in [0.25, 0.3) is 0 Å². The average molecular weight is 263 g/mol. The molecule has 0 fully saturated rings. The molecule has 0 amide bonds.